The van der Waals surface area contributed by atoms with Gasteiger partial charge in [0.05, 0.1) is 36.5 Å². The quantitative estimate of drug-likeness (QED) is 0.774. The van der Waals surface area contributed by atoms with E-state index in [4.69, 9.17) is 10.00 Å². The first-order chi connectivity index (χ1) is 13.4. The summed E-state index contributed by atoms with van der Waals surface area (Å²) in [5.41, 5.74) is -0.392. The van der Waals surface area contributed by atoms with Crippen LogP contribution in [0.2, 0.25) is 0 Å². The van der Waals surface area contributed by atoms with Gasteiger partial charge in [0.1, 0.15) is 5.82 Å². The van der Waals surface area contributed by atoms with Crippen molar-refractivity contribution in [2.24, 2.45) is 0 Å². The zero-order valence-corrected chi connectivity index (χ0v) is 15.0. The van der Waals surface area contributed by atoms with Crippen LogP contribution in [0.1, 0.15) is 22.7 Å². The number of anilines is 1. The third-order valence-electron chi connectivity index (χ3n) is 4.66. The highest BCUT2D eigenvalue weighted by molar-refractivity contribution is 5.56. The number of hydrogen-bond donors (Lipinski definition) is 1. The van der Waals surface area contributed by atoms with Crippen LogP contribution in [-0.4, -0.2) is 37.7 Å². The molecule has 2 aromatic carbocycles. The predicted molar refractivity (Wildman–Crippen MR) is 96.2 cm³/mol. The average Bonchev–Trinajstić information content (AvgIpc) is 2.68. The molecule has 28 heavy (non-hydrogen) atoms. The number of nitriles is 1. The average molecular weight is 393 g/mol. The highest BCUT2D eigenvalue weighted by Crippen LogP contribution is 2.36. The van der Waals surface area contributed by atoms with Gasteiger partial charge in [0, 0.05) is 25.3 Å². The number of rotatable bonds is 5. The van der Waals surface area contributed by atoms with E-state index in [0.717, 1.165) is 6.07 Å². The molecule has 1 aliphatic heterocycles. The normalized spacial score (nSPS) is 16.4. The lowest BCUT2D eigenvalue weighted by molar-refractivity contribution is -0.137. The van der Waals surface area contributed by atoms with Gasteiger partial charge in [-0.05, 0) is 35.9 Å². The van der Waals surface area contributed by atoms with Gasteiger partial charge in [-0.1, -0.05) is 12.1 Å². The number of alkyl halides is 3. The Balaban J connectivity index is 1.87. The monoisotopic (exact) mass is 393 g/mol. The summed E-state index contributed by atoms with van der Waals surface area (Å²) in [4.78, 5) is 2.06. The number of benzene rings is 2. The molecule has 1 atom stereocenters. The maximum absolute atomic E-state index is 13.7. The maximum atomic E-state index is 13.7. The molecule has 0 amide bonds. The van der Waals surface area contributed by atoms with Crippen molar-refractivity contribution in [2.75, 3.05) is 38.2 Å². The third-order valence-corrected chi connectivity index (χ3v) is 4.66. The van der Waals surface area contributed by atoms with E-state index >= 15 is 0 Å². The molecule has 1 heterocycles. The number of hydrogen-bond acceptors (Lipinski definition) is 4. The molecule has 1 aliphatic rings. The summed E-state index contributed by atoms with van der Waals surface area (Å²) in [6, 6.07) is 10.9. The summed E-state index contributed by atoms with van der Waals surface area (Å²) in [5, 5.41) is 11.7. The molecular weight excluding hydrogens is 374 g/mol. The van der Waals surface area contributed by atoms with Crippen molar-refractivity contribution in [1.82, 2.24) is 4.90 Å². The minimum Gasteiger partial charge on any atom is -0.383 e. The van der Waals surface area contributed by atoms with Gasteiger partial charge in [0.25, 0.3) is 0 Å². The molecule has 1 fully saturated rings. The molecular formula is C20H19F4N3O. The van der Waals surface area contributed by atoms with E-state index in [9.17, 15) is 17.6 Å². The zero-order chi connectivity index (χ0) is 20.1. The molecule has 0 spiro atoms. The molecule has 8 heteroatoms. The maximum Gasteiger partial charge on any atom is 0.418 e. The lowest BCUT2D eigenvalue weighted by Crippen LogP contribution is -2.41. The van der Waals surface area contributed by atoms with Gasteiger partial charge in [-0.25, -0.2) is 4.39 Å². The van der Waals surface area contributed by atoms with E-state index < -0.39 is 17.6 Å². The van der Waals surface area contributed by atoms with Crippen LogP contribution in [0.15, 0.2) is 42.5 Å². The van der Waals surface area contributed by atoms with Crippen molar-refractivity contribution in [3.8, 4) is 6.07 Å². The second-order valence-corrected chi connectivity index (χ2v) is 6.47. The summed E-state index contributed by atoms with van der Waals surface area (Å²) in [6.45, 7) is 2.37. The molecule has 0 bridgehead atoms. The second kappa shape index (κ2) is 8.59. The predicted octanol–water partition coefficient (Wildman–Crippen LogP) is 4.20. The summed E-state index contributed by atoms with van der Waals surface area (Å²) in [6.07, 6.45) is -4.59. The van der Waals surface area contributed by atoms with E-state index in [-0.39, 0.29) is 23.8 Å². The van der Waals surface area contributed by atoms with Crippen molar-refractivity contribution in [3.63, 3.8) is 0 Å². The van der Waals surface area contributed by atoms with Crippen molar-refractivity contribution in [2.45, 2.75) is 12.2 Å². The Morgan fingerprint density at radius 2 is 1.89 bits per heavy atom. The van der Waals surface area contributed by atoms with Crippen LogP contribution in [0.4, 0.5) is 23.2 Å². The standard InChI is InChI=1S/C20H19F4N3O/c21-16-3-1-2-15(11-16)19(27-6-8-28-9-7-27)13-26-18-5-4-14(12-25)10-17(18)20(22,23)24/h1-5,10-11,19,26H,6-9,13H2. The van der Waals surface area contributed by atoms with Gasteiger partial charge in [0.2, 0.25) is 0 Å². The Morgan fingerprint density at radius 3 is 2.54 bits per heavy atom. The van der Waals surface area contributed by atoms with Crippen LogP contribution in [0.25, 0.3) is 0 Å². The van der Waals surface area contributed by atoms with E-state index in [1.165, 1.54) is 24.3 Å². The smallest absolute Gasteiger partial charge is 0.383 e. The number of nitrogens with zero attached hydrogens (tertiary/aromatic N) is 2. The molecule has 4 nitrogen and oxygen atoms in total. The van der Waals surface area contributed by atoms with Gasteiger partial charge in [-0.2, -0.15) is 18.4 Å². The van der Waals surface area contributed by atoms with Crippen molar-refractivity contribution < 1.29 is 22.3 Å². The largest absolute Gasteiger partial charge is 0.418 e. The Morgan fingerprint density at radius 1 is 1.14 bits per heavy atom. The Bertz CT molecular complexity index is 857. The lowest BCUT2D eigenvalue weighted by Gasteiger charge is -2.35. The third kappa shape index (κ3) is 4.80. The van der Waals surface area contributed by atoms with Crippen LogP contribution >= 0.6 is 0 Å². The first-order valence-electron chi connectivity index (χ1n) is 8.81. The first kappa shape index (κ1) is 20.1. The summed E-state index contributed by atoms with van der Waals surface area (Å²) >= 11 is 0. The van der Waals surface area contributed by atoms with Crippen LogP contribution in [-0.2, 0) is 10.9 Å². The SMILES string of the molecule is N#Cc1ccc(NCC(c2cccc(F)c2)N2CCOCC2)c(C(F)(F)F)c1. The molecule has 2 aromatic rings. The lowest BCUT2D eigenvalue weighted by atomic mass is 10.0. The van der Waals surface area contributed by atoms with Crippen LogP contribution in [0.5, 0.6) is 0 Å². The number of ether oxygens (including phenoxy) is 1. The van der Waals surface area contributed by atoms with Crippen molar-refractivity contribution in [1.29, 1.82) is 5.26 Å². The highest BCUT2D eigenvalue weighted by atomic mass is 19.4. The first-order valence-corrected chi connectivity index (χ1v) is 8.81. The molecule has 148 valence electrons. The van der Waals surface area contributed by atoms with Gasteiger partial charge >= 0.3 is 6.18 Å². The molecule has 0 aromatic heterocycles. The molecule has 0 radical (unpaired) electrons. The number of nitrogens with one attached hydrogen (secondary N) is 1. The number of halogens is 4. The van der Waals surface area contributed by atoms with Gasteiger partial charge in [0.15, 0.2) is 0 Å². The highest BCUT2D eigenvalue weighted by Gasteiger charge is 2.34. The summed E-state index contributed by atoms with van der Waals surface area (Å²) < 4.78 is 59.2. The van der Waals surface area contributed by atoms with Gasteiger partial charge in [-0.15, -0.1) is 0 Å². The summed E-state index contributed by atoms with van der Waals surface area (Å²) in [5.74, 6) is -0.398. The zero-order valence-electron chi connectivity index (χ0n) is 15.0. The number of morpholine rings is 1. The fourth-order valence-corrected chi connectivity index (χ4v) is 3.27. The molecule has 0 aliphatic carbocycles. The molecule has 3 rings (SSSR count). The van der Waals surface area contributed by atoms with E-state index in [1.54, 1.807) is 18.2 Å². The van der Waals surface area contributed by atoms with E-state index in [1.807, 2.05) is 0 Å². The summed E-state index contributed by atoms with van der Waals surface area (Å²) in [7, 11) is 0. The Kier molecular flexibility index (Phi) is 6.17. The van der Waals surface area contributed by atoms with Crippen LogP contribution < -0.4 is 5.32 Å². The Hall–Kier alpha value is -2.63. The minimum atomic E-state index is -4.59. The molecule has 0 saturated carbocycles. The Labute approximate surface area is 160 Å². The van der Waals surface area contributed by atoms with Crippen molar-refractivity contribution in [3.05, 3.63) is 65.0 Å². The molecule has 1 saturated heterocycles. The van der Waals surface area contributed by atoms with Crippen LogP contribution in [0.3, 0.4) is 0 Å². The topological polar surface area (TPSA) is 48.3 Å². The fourth-order valence-electron chi connectivity index (χ4n) is 3.27. The van der Waals surface area contributed by atoms with Gasteiger partial charge in [-0.3, -0.25) is 4.90 Å². The molecule has 1 N–H and O–H groups in total. The van der Waals surface area contributed by atoms with Crippen molar-refractivity contribution >= 4 is 5.69 Å². The van der Waals surface area contributed by atoms with Crippen LogP contribution in [0, 0.1) is 17.1 Å². The van der Waals surface area contributed by atoms with E-state index in [0.29, 0.717) is 31.9 Å². The minimum absolute atomic E-state index is 0.0623. The molecule has 1 unspecified atom stereocenters. The van der Waals surface area contributed by atoms with Gasteiger partial charge < -0.3 is 10.1 Å². The fraction of sp³-hybridized carbons (Fsp3) is 0.350. The second-order valence-electron chi connectivity index (χ2n) is 6.47. The van der Waals surface area contributed by atoms with E-state index in [2.05, 4.69) is 10.2 Å².